The van der Waals surface area contributed by atoms with E-state index in [2.05, 4.69) is 26.0 Å². The summed E-state index contributed by atoms with van der Waals surface area (Å²) in [7, 11) is 0. The van der Waals surface area contributed by atoms with Crippen LogP contribution >= 0.6 is 0 Å². The van der Waals surface area contributed by atoms with Crippen LogP contribution < -0.4 is 0 Å². The first-order valence-electron chi connectivity index (χ1n) is 10.4. The standard InChI is InChI=1S/C21H41N2O/c1-3-5-6-7-8-9-10-11-12-13-14-15-16-21-22-17-18-23(21,4-2)19-20-24/h14-15,24H,3-13,16-20H2,1-2H3/q+1/b15-14+. The Bertz CT molecular complexity index is 365. The highest BCUT2D eigenvalue weighted by molar-refractivity contribution is 5.78. The van der Waals surface area contributed by atoms with Crippen molar-refractivity contribution in [1.29, 1.82) is 0 Å². The minimum Gasteiger partial charge on any atom is -0.390 e. The summed E-state index contributed by atoms with van der Waals surface area (Å²) < 4.78 is 0.902. The van der Waals surface area contributed by atoms with Gasteiger partial charge in [0.05, 0.1) is 26.1 Å². The third-order valence-electron chi connectivity index (χ3n) is 5.44. The summed E-state index contributed by atoms with van der Waals surface area (Å²) in [6.07, 6.45) is 19.4. The van der Waals surface area contributed by atoms with Gasteiger partial charge >= 0.3 is 0 Å². The minimum atomic E-state index is 0.259. The fraction of sp³-hybridized carbons (Fsp3) is 0.857. The van der Waals surface area contributed by atoms with E-state index in [0.29, 0.717) is 0 Å². The molecule has 0 bridgehead atoms. The molecule has 1 unspecified atom stereocenters. The van der Waals surface area contributed by atoms with Gasteiger partial charge in [-0.2, -0.15) is 0 Å². The minimum absolute atomic E-state index is 0.259. The molecule has 0 saturated heterocycles. The van der Waals surface area contributed by atoms with E-state index in [0.717, 1.165) is 37.1 Å². The molecule has 0 amide bonds. The Balaban J connectivity index is 2.05. The van der Waals surface area contributed by atoms with Crippen LogP contribution in [0.4, 0.5) is 0 Å². The number of aliphatic hydroxyl groups is 1. The van der Waals surface area contributed by atoms with Gasteiger partial charge in [-0.15, -0.1) is 0 Å². The predicted molar refractivity (Wildman–Crippen MR) is 106 cm³/mol. The summed E-state index contributed by atoms with van der Waals surface area (Å²) in [5, 5.41) is 9.32. The third kappa shape index (κ3) is 7.94. The summed E-state index contributed by atoms with van der Waals surface area (Å²) >= 11 is 0. The maximum Gasteiger partial charge on any atom is 0.202 e. The molecule has 3 nitrogen and oxygen atoms in total. The second-order valence-corrected chi connectivity index (χ2v) is 7.22. The highest BCUT2D eigenvalue weighted by atomic mass is 16.3. The third-order valence-corrected chi connectivity index (χ3v) is 5.44. The normalized spacial score (nSPS) is 20.9. The molecule has 0 aliphatic carbocycles. The van der Waals surface area contributed by atoms with Crippen LogP contribution in [-0.4, -0.2) is 48.2 Å². The van der Waals surface area contributed by atoms with Crippen LogP contribution in [0.15, 0.2) is 17.1 Å². The quantitative estimate of drug-likeness (QED) is 0.252. The Hall–Kier alpha value is -0.670. The number of unbranched alkanes of at least 4 members (excludes halogenated alkanes) is 9. The molecule has 0 aromatic heterocycles. The van der Waals surface area contributed by atoms with E-state index in [-0.39, 0.29) is 6.61 Å². The van der Waals surface area contributed by atoms with Crippen LogP contribution in [0, 0.1) is 0 Å². The Morgan fingerprint density at radius 3 is 2.25 bits per heavy atom. The van der Waals surface area contributed by atoms with Gasteiger partial charge in [0.1, 0.15) is 13.1 Å². The van der Waals surface area contributed by atoms with Crippen molar-refractivity contribution in [1.82, 2.24) is 0 Å². The molecule has 0 aromatic rings. The van der Waals surface area contributed by atoms with E-state index >= 15 is 0 Å². The number of rotatable bonds is 15. The molecule has 1 aliphatic rings. The van der Waals surface area contributed by atoms with Crippen molar-refractivity contribution >= 4 is 5.84 Å². The molecule has 1 aliphatic heterocycles. The summed E-state index contributed by atoms with van der Waals surface area (Å²) in [6, 6.07) is 0. The van der Waals surface area contributed by atoms with E-state index in [9.17, 15) is 5.11 Å². The first-order valence-corrected chi connectivity index (χ1v) is 10.4. The smallest absolute Gasteiger partial charge is 0.202 e. The van der Waals surface area contributed by atoms with Gasteiger partial charge in [0.25, 0.3) is 0 Å². The van der Waals surface area contributed by atoms with Crippen molar-refractivity contribution in [3.05, 3.63) is 12.2 Å². The van der Waals surface area contributed by atoms with Crippen LogP contribution in [0.3, 0.4) is 0 Å². The average molecular weight is 338 g/mol. The molecule has 0 radical (unpaired) electrons. The number of amidine groups is 1. The van der Waals surface area contributed by atoms with Crippen molar-refractivity contribution in [2.45, 2.75) is 84.5 Å². The Morgan fingerprint density at radius 2 is 1.62 bits per heavy atom. The van der Waals surface area contributed by atoms with Crippen molar-refractivity contribution in [2.24, 2.45) is 4.99 Å². The molecule has 0 fully saturated rings. The van der Waals surface area contributed by atoms with Gasteiger partial charge in [0, 0.05) is 0 Å². The average Bonchev–Trinajstić information content (AvgIpc) is 2.99. The van der Waals surface area contributed by atoms with Gasteiger partial charge < -0.3 is 5.11 Å². The van der Waals surface area contributed by atoms with Gasteiger partial charge in [-0.05, 0) is 19.8 Å². The van der Waals surface area contributed by atoms with Gasteiger partial charge in [-0.1, -0.05) is 70.4 Å². The van der Waals surface area contributed by atoms with Crippen molar-refractivity contribution < 1.29 is 9.59 Å². The number of aliphatic imine (C=N–C) groups is 1. The zero-order valence-electron chi connectivity index (χ0n) is 16.3. The Kier molecular flexibility index (Phi) is 12.1. The Morgan fingerprint density at radius 1 is 0.958 bits per heavy atom. The molecule has 0 spiro atoms. The van der Waals surface area contributed by atoms with Crippen LogP contribution in [-0.2, 0) is 0 Å². The van der Waals surface area contributed by atoms with Crippen molar-refractivity contribution in [2.75, 3.05) is 32.8 Å². The fourth-order valence-corrected chi connectivity index (χ4v) is 3.72. The van der Waals surface area contributed by atoms with E-state index in [1.165, 1.54) is 70.0 Å². The number of nitrogens with zero attached hydrogens (tertiary/aromatic N) is 2. The lowest BCUT2D eigenvalue weighted by molar-refractivity contribution is -0.834. The lowest BCUT2D eigenvalue weighted by atomic mass is 10.1. The number of hydrogen-bond donors (Lipinski definition) is 1. The lowest BCUT2D eigenvalue weighted by Crippen LogP contribution is -2.52. The molecule has 140 valence electrons. The highest BCUT2D eigenvalue weighted by Crippen LogP contribution is 2.18. The Labute approximate surface area is 150 Å². The number of aliphatic hydroxyl groups excluding tert-OH is 1. The van der Waals surface area contributed by atoms with Crippen LogP contribution in [0.5, 0.6) is 0 Å². The molecule has 1 rings (SSSR count). The SMILES string of the molecule is CCCCCCCCCCC/C=C/CC1=NCC[N+]1(CC)CCO. The molecule has 3 heteroatoms. The van der Waals surface area contributed by atoms with Crippen LogP contribution in [0.25, 0.3) is 0 Å². The monoisotopic (exact) mass is 337 g/mol. The molecule has 0 saturated carbocycles. The molecular weight excluding hydrogens is 296 g/mol. The van der Waals surface area contributed by atoms with E-state index in [1.807, 2.05) is 0 Å². The zero-order valence-corrected chi connectivity index (χ0v) is 16.3. The van der Waals surface area contributed by atoms with E-state index in [4.69, 9.17) is 4.99 Å². The number of likely N-dealkylation sites (N-methyl/N-ethyl adjacent to an activating group) is 1. The first-order chi connectivity index (χ1) is 11.8. The number of hydrogen-bond acceptors (Lipinski definition) is 2. The van der Waals surface area contributed by atoms with Crippen LogP contribution in [0.2, 0.25) is 0 Å². The predicted octanol–water partition coefficient (Wildman–Crippen LogP) is 5.09. The number of allylic oxidation sites excluding steroid dienone is 1. The van der Waals surface area contributed by atoms with E-state index < -0.39 is 0 Å². The summed E-state index contributed by atoms with van der Waals surface area (Å²) in [5.41, 5.74) is 0. The van der Waals surface area contributed by atoms with Gasteiger partial charge in [-0.25, -0.2) is 4.99 Å². The maximum absolute atomic E-state index is 9.32. The topological polar surface area (TPSA) is 32.6 Å². The summed E-state index contributed by atoms with van der Waals surface area (Å²) in [4.78, 5) is 4.69. The molecule has 1 atom stereocenters. The van der Waals surface area contributed by atoms with E-state index in [1.54, 1.807) is 0 Å². The second-order valence-electron chi connectivity index (χ2n) is 7.22. The largest absolute Gasteiger partial charge is 0.390 e. The molecular formula is C21H41N2O+. The summed E-state index contributed by atoms with van der Waals surface area (Å²) in [5.74, 6) is 1.27. The molecule has 0 aromatic carbocycles. The van der Waals surface area contributed by atoms with Crippen molar-refractivity contribution in [3.63, 3.8) is 0 Å². The molecule has 1 heterocycles. The van der Waals surface area contributed by atoms with Gasteiger partial charge in [-0.3, -0.25) is 4.48 Å². The van der Waals surface area contributed by atoms with Crippen molar-refractivity contribution in [3.8, 4) is 0 Å². The maximum atomic E-state index is 9.32. The molecule has 1 N–H and O–H groups in total. The second kappa shape index (κ2) is 13.6. The highest BCUT2D eigenvalue weighted by Gasteiger charge is 2.34. The molecule has 24 heavy (non-hydrogen) atoms. The van der Waals surface area contributed by atoms with Gasteiger partial charge in [0.15, 0.2) is 0 Å². The summed E-state index contributed by atoms with van der Waals surface area (Å²) in [6.45, 7) is 8.61. The first kappa shape index (κ1) is 21.4. The fourth-order valence-electron chi connectivity index (χ4n) is 3.72. The van der Waals surface area contributed by atoms with Gasteiger partial charge in [0.2, 0.25) is 5.84 Å². The lowest BCUT2D eigenvalue weighted by Gasteiger charge is -2.32. The van der Waals surface area contributed by atoms with Crippen LogP contribution in [0.1, 0.15) is 84.5 Å². The zero-order chi connectivity index (χ0) is 17.5. The number of quaternary nitrogens is 1.